The second kappa shape index (κ2) is 7.53. The van der Waals surface area contributed by atoms with Crippen LogP contribution in [0.4, 0.5) is 10.5 Å². The Labute approximate surface area is 164 Å². The second-order valence-electron chi connectivity index (χ2n) is 7.23. The summed E-state index contributed by atoms with van der Waals surface area (Å²) in [6.45, 7) is 2.55. The molecule has 0 radical (unpaired) electrons. The van der Waals surface area contributed by atoms with Crippen LogP contribution in [-0.2, 0) is 20.0 Å². The van der Waals surface area contributed by atoms with Crippen molar-refractivity contribution in [2.75, 3.05) is 32.1 Å². The van der Waals surface area contributed by atoms with Gasteiger partial charge in [-0.2, -0.15) is 5.10 Å². The van der Waals surface area contributed by atoms with E-state index in [0.717, 1.165) is 42.9 Å². The number of aromatic nitrogens is 2. The summed E-state index contributed by atoms with van der Waals surface area (Å²) < 4.78 is 6.93. The molecule has 2 aliphatic rings. The first kappa shape index (κ1) is 18.3. The molecule has 1 aromatic heterocycles. The van der Waals surface area contributed by atoms with Gasteiger partial charge in [-0.3, -0.25) is 9.48 Å². The summed E-state index contributed by atoms with van der Waals surface area (Å²) in [5, 5.41) is 7.40. The number of ether oxygens (including phenoxy) is 1. The van der Waals surface area contributed by atoms with Gasteiger partial charge in [-0.1, -0.05) is 0 Å². The lowest BCUT2D eigenvalue weighted by Crippen LogP contribution is -2.40. The van der Waals surface area contributed by atoms with E-state index in [9.17, 15) is 9.59 Å². The first-order valence-electron chi connectivity index (χ1n) is 9.61. The van der Waals surface area contributed by atoms with Gasteiger partial charge in [0.2, 0.25) is 0 Å². The number of nitrogens with zero attached hydrogens (tertiary/aromatic N) is 4. The summed E-state index contributed by atoms with van der Waals surface area (Å²) in [5.74, 6) is 0.716. The van der Waals surface area contributed by atoms with Crippen LogP contribution in [0.25, 0.3) is 0 Å². The van der Waals surface area contributed by atoms with Crippen molar-refractivity contribution in [3.8, 4) is 5.75 Å². The van der Waals surface area contributed by atoms with Crippen LogP contribution >= 0.6 is 0 Å². The number of hydrogen-bond donors (Lipinski definition) is 1. The van der Waals surface area contributed by atoms with Gasteiger partial charge < -0.3 is 19.9 Å². The molecule has 1 N–H and O–H groups in total. The first-order valence-corrected chi connectivity index (χ1v) is 9.61. The number of likely N-dealkylation sites (tertiary alicyclic amines) is 1. The molecule has 1 fully saturated rings. The maximum Gasteiger partial charge on any atom is 0.322 e. The number of methoxy groups -OCH3 is 1. The molecule has 1 aromatic carbocycles. The number of fused-ring (bicyclic) bond motifs is 1. The highest BCUT2D eigenvalue weighted by molar-refractivity contribution is 5.95. The molecule has 0 aliphatic carbocycles. The maximum absolute atomic E-state index is 12.9. The average molecular weight is 383 g/mol. The summed E-state index contributed by atoms with van der Waals surface area (Å²) in [7, 11) is 3.47. The van der Waals surface area contributed by atoms with Crippen LogP contribution in [0.2, 0.25) is 0 Å². The molecule has 28 heavy (non-hydrogen) atoms. The lowest BCUT2D eigenvalue weighted by molar-refractivity contribution is 0.0784. The van der Waals surface area contributed by atoms with E-state index in [4.69, 9.17) is 4.74 Å². The fourth-order valence-corrected chi connectivity index (χ4v) is 3.88. The molecule has 0 spiro atoms. The number of carbonyl (C=O) groups is 2. The zero-order valence-electron chi connectivity index (χ0n) is 16.3. The van der Waals surface area contributed by atoms with Gasteiger partial charge in [0.1, 0.15) is 5.75 Å². The fourth-order valence-electron chi connectivity index (χ4n) is 3.88. The van der Waals surface area contributed by atoms with Crippen LogP contribution in [0.3, 0.4) is 0 Å². The number of urea groups is 1. The average Bonchev–Trinajstić information content (AvgIpc) is 3.36. The molecule has 0 saturated carbocycles. The number of nitrogens with one attached hydrogen (secondary N) is 1. The maximum atomic E-state index is 12.9. The van der Waals surface area contributed by atoms with E-state index in [0.29, 0.717) is 30.9 Å². The molecule has 1 saturated heterocycles. The molecule has 8 nitrogen and oxygen atoms in total. The Kier molecular flexibility index (Phi) is 4.93. The standard InChI is InChI=1S/C20H25N5O3/c1-23-17-9-12-25(20(27)21-14-5-7-15(28-2)8-6-14)13-16(17)18(22-23)19(26)24-10-3-4-11-24/h5-8H,3-4,9-13H2,1-2H3,(H,21,27). The Morgan fingerprint density at radius 3 is 2.46 bits per heavy atom. The Bertz CT molecular complexity index is 884. The summed E-state index contributed by atoms with van der Waals surface area (Å²) in [4.78, 5) is 29.2. The van der Waals surface area contributed by atoms with Crippen LogP contribution in [0.5, 0.6) is 5.75 Å². The molecule has 0 atom stereocenters. The van der Waals surface area contributed by atoms with Gasteiger partial charge in [0, 0.05) is 50.0 Å². The van der Waals surface area contributed by atoms with Gasteiger partial charge >= 0.3 is 6.03 Å². The molecule has 148 valence electrons. The van der Waals surface area contributed by atoms with Crippen molar-refractivity contribution in [1.82, 2.24) is 19.6 Å². The van der Waals surface area contributed by atoms with Crippen molar-refractivity contribution in [2.45, 2.75) is 25.8 Å². The van der Waals surface area contributed by atoms with E-state index < -0.39 is 0 Å². The van der Waals surface area contributed by atoms with E-state index in [1.165, 1.54) is 0 Å². The summed E-state index contributed by atoms with van der Waals surface area (Å²) >= 11 is 0. The van der Waals surface area contributed by atoms with Crippen molar-refractivity contribution in [1.29, 1.82) is 0 Å². The third kappa shape index (κ3) is 3.42. The number of carbonyl (C=O) groups excluding carboxylic acids is 2. The number of hydrogen-bond acceptors (Lipinski definition) is 4. The molecule has 3 amide bonds. The zero-order chi connectivity index (χ0) is 19.7. The molecule has 0 unspecified atom stereocenters. The van der Waals surface area contributed by atoms with Gasteiger partial charge in [-0.25, -0.2) is 4.79 Å². The lowest BCUT2D eigenvalue weighted by atomic mass is 10.0. The van der Waals surface area contributed by atoms with Crippen LogP contribution in [0.1, 0.15) is 34.6 Å². The minimum Gasteiger partial charge on any atom is -0.497 e. The third-order valence-corrected chi connectivity index (χ3v) is 5.47. The Balaban J connectivity index is 1.50. The molecule has 4 rings (SSSR count). The number of aryl methyl sites for hydroxylation is 1. The molecule has 2 aromatic rings. The number of rotatable bonds is 3. The fraction of sp³-hybridized carbons (Fsp3) is 0.450. The SMILES string of the molecule is COc1ccc(NC(=O)N2CCc3c(c(C(=O)N4CCCC4)nn3C)C2)cc1. The van der Waals surface area contributed by atoms with E-state index in [1.807, 2.05) is 11.9 Å². The molecular formula is C20H25N5O3. The number of anilines is 1. The quantitative estimate of drug-likeness (QED) is 0.882. The van der Waals surface area contributed by atoms with Crippen molar-refractivity contribution < 1.29 is 14.3 Å². The van der Waals surface area contributed by atoms with E-state index in [2.05, 4.69) is 10.4 Å². The monoisotopic (exact) mass is 383 g/mol. The molecular weight excluding hydrogens is 358 g/mol. The van der Waals surface area contributed by atoms with E-state index >= 15 is 0 Å². The number of amides is 3. The van der Waals surface area contributed by atoms with Crippen LogP contribution in [0, 0.1) is 0 Å². The normalized spacial score (nSPS) is 16.1. The van der Waals surface area contributed by atoms with Gasteiger partial charge in [-0.15, -0.1) is 0 Å². The minimum atomic E-state index is -0.181. The van der Waals surface area contributed by atoms with Crippen LogP contribution < -0.4 is 10.1 Å². The highest BCUT2D eigenvalue weighted by Crippen LogP contribution is 2.25. The van der Waals surface area contributed by atoms with Gasteiger partial charge in [-0.05, 0) is 37.1 Å². The Hall–Kier alpha value is -3.03. The zero-order valence-corrected chi connectivity index (χ0v) is 16.3. The van der Waals surface area contributed by atoms with Crippen molar-refractivity contribution in [2.24, 2.45) is 7.05 Å². The summed E-state index contributed by atoms with van der Waals surface area (Å²) in [5.41, 5.74) is 3.10. The van der Waals surface area contributed by atoms with Crippen LogP contribution in [0.15, 0.2) is 24.3 Å². The van der Waals surface area contributed by atoms with Crippen LogP contribution in [-0.4, -0.2) is 58.3 Å². The smallest absolute Gasteiger partial charge is 0.322 e. The van der Waals surface area contributed by atoms with Gasteiger partial charge in [0.05, 0.1) is 13.7 Å². The minimum absolute atomic E-state index is 0.0215. The van der Waals surface area contributed by atoms with E-state index in [1.54, 1.807) is 41.0 Å². The largest absolute Gasteiger partial charge is 0.497 e. The summed E-state index contributed by atoms with van der Waals surface area (Å²) in [6.07, 6.45) is 2.76. The third-order valence-electron chi connectivity index (χ3n) is 5.47. The number of benzene rings is 1. The van der Waals surface area contributed by atoms with Gasteiger partial charge in [0.25, 0.3) is 5.91 Å². The highest BCUT2D eigenvalue weighted by Gasteiger charge is 2.32. The first-order chi connectivity index (χ1) is 13.6. The Morgan fingerprint density at radius 2 is 1.79 bits per heavy atom. The van der Waals surface area contributed by atoms with Crippen molar-refractivity contribution in [3.05, 3.63) is 41.2 Å². The molecule has 3 heterocycles. The molecule has 2 aliphatic heterocycles. The predicted octanol–water partition coefficient (Wildman–Crippen LogP) is 2.25. The van der Waals surface area contributed by atoms with E-state index in [-0.39, 0.29) is 11.9 Å². The molecule has 0 bridgehead atoms. The van der Waals surface area contributed by atoms with Crippen molar-refractivity contribution in [3.63, 3.8) is 0 Å². The summed E-state index contributed by atoms with van der Waals surface area (Å²) in [6, 6.07) is 7.03. The Morgan fingerprint density at radius 1 is 1.07 bits per heavy atom. The predicted molar refractivity (Wildman–Crippen MR) is 104 cm³/mol. The molecule has 8 heteroatoms. The van der Waals surface area contributed by atoms with Gasteiger partial charge in [0.15, 0.2) is 5.69 Å². The highest BCUT2D eigenvalue weighted by atomic mass is 16.5. The topological polar surface area (TPSA) is 79.7 Å². The lowest BCUT2D eigenvalue weighted by Gasteiger charge is -2.28. The van der Waals surface area contributed by atoms with Crippen molar-refractivity contribution >= 4 is 17.6 Å². The second-order valence-corrected chi connectivity index (χ2v) is 7.23.